The summed E-state index contributed by atoms with van der Waals surface area (Å²) in [7, 11) is 0. The molecule has 1 unspecified atom stereocenters. The molecule has 1 fully saturated rings. The van der Waals surface area contributed by atoms with Gasteiger partial charge in [-0.05, 0) is 60.1 Å². The van der Waals surface area contributed by atoms with Gasteiger partial charge in [-0.3, -0.25) is 0 Å². The molecular formula is C11H14IN. The molecule has 1 aromatic rings. The third kappa shape index (κ3) is 1.62. The molecule has 0 aliphatic heterocycles. The lowest BCUT2D eigenvalue weighted by Gasteiger charge is -2.20. The number of rotatable bonds is 2. The van der Waals surface area contributed by atoms with Crippen LogP contribution in [0.25, 0.3) is 0 Å². The van der Waals surface area contributed by atoms with E-state index >= 15 is 0 Å². The van der Waals surface area contributed by atoms with E-state index in [1.807, 2.05) is 0 Å². The summed E-state index contributed by atoms with van der Waals surface area (Å²) in [5.74, 6) is 0. The van der Waals surface area contributed by atoms with Gasteiger partial charge in [-0.25, -0.2) is 0 Å². The predicted molar refractivity (Wildman–Crippen MR) is 63.7 cm³/mol. The summed E-state index contributed by atoms with van der Waals surface area (Å²) in [4.78, 5) is 0. The second-order valence-corrected chi connectivity index (χ2v) is 5.20. The van der Waals surface area contributed by atoms with Gasteiger partial charge in [0, 0.05) is 15.0 Å². The minimum absolute atomic E-state index is 0.283. The molecule has 0 bridgehead atoms. The SMILES string of the molecule is CC(N)C1(c2cccc(I)c2)CC1. The Hall–Kier alpha value is -0.0900. The first-order chi connectivity index (χ1) is 6.15. The Labute approximate surface area is 92.9 Å². The zero-order chi connectivity index (χ0) is 9.47. The maximum Gasteiger partial charge on any atom is 0.0133 e. The van der Waals surface area contributed by atoms with Gasteiger partial charge in [0.1, 0.15) is 0 Å². The third-order valence-corrected chi connectivity index (χ3v) is 3.73. The fraction of sp³-hybridized carbons (Fsp3) is 0.455. The molecule has 1 aliphatic rings. The maximum absolute atomic E-state index is 6.01. The van der Waals surface area contributed by atoms with Crippen molar-refractivity contribution in [1.29, 1.82) is 0 Å². The van der Waals surface area contributed by atoms with Gasteiger partial charge >= 0.3 is 0 Å². The molecule has 1 saturated carbocycles. The molecule has 1 atom stereocenters. The first-order valence-electron chi connectivity index (χ1n) is 4.67. The van der Waals surface area contributed by atoms with E-state index in [1.165, 1.54) is 22.0 Å². The van der Waals surface area contributed by atoms with Gasteiger partial charge in [0.25, 0.3) is 0 Å². The zero-order valence-corrected chi connectivity index (χ0v) is 9.91. The largest absolute Gasteiger partial charge is 0.327 e. The fourth-order valence-corrected chi connectivity index (χ4v) is 2.48. The average Bonchev–Trinajstić information content (AvgIpc) is 2.83. The van der Waals surface area contributed by atoms with Crippen LogP contribution in [0.15, 0.2) is 24.3 Å². The standard InChI is InChI=1S/C11H14IN/c1-8(13)11(5-6-11)9-3-2-4-10(12)7-9/h2-4,7-8H,5-6,13H2,1H3. The van der Waals surface area contributed by atoms with E-state index in [-0.39, 0.29) is 6.04 Å². The Morgan fingerprint density at radius 2 is 2.15 bits per heavy atom. The van der Waals surface area contributed by atoms with E-state index < -0.39 is 0 Å². The summed E-state index contributed by atoms with van der Waals surface area (Å²) in [5, 5.41) is 0. The lowest BCUT2D eigenvalue weighted by Crippen LogP contribution is -2.31. The van der Waals surface area contributed by atoms with Crippen LogP contribution in [0.3, 0.4) is 0 Å². The van der Waals surface area contributed by atoms with Crippen molar-refractivity contribution in [2.24, 2.45) is 5.73 Å². The summed E-state index contributed by atoms with van der Waals surface area (Å²) in [6.07, 6.45) is 2.51. The lowest BCUT2D eigenvalue weighted by atomic mass is 9.90. The molecule has 2 rings (SSSR count). The molecule has 0 amide bonds. The van der Waals surface area contributed by atoms with Crippen molar-refractivity contribution in [3.63, 3.8) is 0 Å². The van der Waals surface area contributed by atoms with E-state index in [9.17, 15) is 0 Å². The Balaban J connectivity index is 2.35. The Morgan fingerprint density at radius 1 is 1.46 bits per heavy atom. The van der Waals surface area contributed by atoms with Crippen LogP contribution in [-0.4, -0.2) is 6.04 Å². The topological polar surface area (TPSA) is 26.0 Å². The summed E-state index contributed by atoms with van der Waals surface area (Å²) < 4.78 is 1.31. The molecule has 2 N–H and O–H groups in total. The second kappa shape index (κ2) is 3.24. The van der Waals surface area contributed by atoms with Crippen LogP contribution >= 0.6 is 22.6 Å². The van der Waals surface area contributed by atoms with E-state index in [1.54, 1.807) is 0 Å². The van der Waals surface area contributed by atoms with Gasteiger partial charge in [-0.15, -0.1) is 0 Å². The molecule has 0 heterocycles. The molecular weight excluding hydrogens is 273 g/mol. The summed E-state index contributed by atoms with van der Waals surface area (Å²) >= 11 is 2.36. The van der Waals surface area contributed by atoms with E-state index in [2.05, 4.69) is 53.8 Å². The van der Waals surface area contributed by atoms with Gasteiger partial charge in [-0.1, -0.05) is 12.1 Å². The summed E-state index contributed by atoms with van der Waals surface area (Å²) in [6, 6.07) is 9.00. The van der Waals surface area contributed by atoms with Crippen molar-refractivity contribution in [1.82, 2.24) is 0 Å². The number of hydrogen-bond donors (Lipinski definition) is 1. The molecule has 13 heavy (non-hydrogen) atoms. The highest BCUT2D eigenvalue weighted by Crippen LogP contribution is 2.50. The lowest BCUT2D eigenvalue weighted by molar-refractivity contribution is 0.556. The average molecular weight is 287 g/mol. The highest BCUT2D eigenvalue weighted by Gasteiger charge is 2.47. The maximum atomic E-state index is 6.01. The monoisotopic (exact) mass is 287 g/mol. The van der Waals surface area contributed by atoms with E-state index in [0.29, 0.717) is 5.41 Å². The molecule has 0 radical (unpaired) electrons. The summed E-state index contributed by atoms with van der Waals surface area (Å²) in [6.45, 7) is 2.12. The van der Waals surface area contributed by atoms with Gasteiger partial charge in [0.2, 0.25) is 0 Å². The quantitative estimate of drug-likeness (QED) is 0.831. The van der Waals surface area contributed by atoms with Crippen LogP contribution in [0.4, 0.5) is 0 Å². The Kier molecular flexibility index (Phi) is 2.36. The Bertz CT molecular complexity index is 316. The van der Waals surface area contributed by atoms with Gasteiger partial charge < -0.3 is 5.73 Å². The smallest absolute Gasteiger partial charge is 0.0133 e. The predicted octanol–water partition coefficient (Wildman–Crippen LogP) is 2.67. The fourth-order valence-electron chi connectivity index (χ4n) is 1.94. The van der Waals surface area contributed by atoms with Crippen LogP contribution in [0, 0.1) is 3.57 Å². The third-order valence-electron chi connectivity index (χ3n) is 3.06. The molecule has 0 aromatic heterocycles. The highest BCUT2D eigenvalue weighted by molar-refractivity contribution is 14.1. The first kappa shape index (κ1) is 9.46. The number of benzene rings is 1. The van der Waals surface area contributed by atoms with Crippen molar-refractivity contribution in [3.05, 3.63) is 33.4 Å². The first-order valence-corrected chi connectivity index (χ1v) is 5.75. The van der Waals surface area contributed by atoms with Crippen molar-refractivity contribution in [3.8, 4) is 0 Å². The normalized spacial score (nSPS) is 21.2. The van der Waals surface area contributed by atoms with Crippen molar-refractivity contribution in [2.45, 2.75) is 31.2 Å². The minimum Gasteiger partial charge on any atom is -0.327 e. The van der Waals surface area contributed by atoms with Crippen LogP contribution in [0.2, 0.25) is 0 Å². The number of hydrogen-bond acceptors (Lipinski definition) is 1. The van der Waals surface area contributed by atoms with Crippen molar-refractivity contribution in [2.75, 3.05) is 0 Å². The van der Waals surface area contributed by atoms with Gasteiger partial charge in [-0.2, -0.15) is 0 Å². The second-order valence-electron chi connectivity index (χ2n) is 3.96. The molecule has 1 aliphatic carbocycles. The van der Waals surface area contributed by atoms with Crippen molar-refractivity contribution < 1.29 is 0 Å². The van der Waals surface area contributed by atoms with Crippen LogP contribution in [0.1, 0.15) is 25.3 Å². The van der Waals surface area contributed by atoms with Crippen LogP contribution < -0.4 is 5.73 Å². The van der Waals surface area contributed by atoms with Crippen molar-refractivity contribution >= 4 is 22.6 Å². The Morgan fingerprint density at radius 3 is 2.62 bits per heavy atom. The zero-order valence-electron chi connectivity index (χ0n) is 7.76. The van der Waals surface area contributed by atoms with Crippen LogP contribution in [-0.2, 0) is 5.41 Å². The van der Waals surface area contributed by atoms with Gasteiger partial charge in [0.15, 0.2) is 0 Å². The molecule has 1 nitrogen and oxygen atoms in total. The molecule has 0 saturated heterocycles. The highest BCUT2D eigenvalue weighted by atomic mass is 127. The molecule has 70 valence electrons. The van der Waals surface area contributed by atoms with E-state index in [4.69, 9.17) is 5.73 Å². The number of nitrogens with two attached hydrogens (primary N) is 1. The molecule has 0 spiro atoms. The van der Waals surface area contributed by atoms with E-state index in [0.717, 1.165) is 0 Å². The molecule has 2 heteroatoms. The summed E-state index contributed by atoms with van der Waals surface area (Å²) in [5.41, 5.74) is 7.74. The van der Waals surface area contributed by atoms with Crippen LogP contribution in [0.5, 0.6) is 0 Å². The van der Waals surface area contributed by atoms with Gasteiger partial charge in [0.05, 0.1) is 0 Å². The number of halogens is 1. The molecule has 1 aromatic carbocycles. The minimum atomic E-state index is 0.283.